The normalized spacial score (nSPS) is 17.3. The van der Waals surface area contributed by atoms with Gasteiger partial charge in [-0.15, -0.1) is 0 Å². The first-order valence-electron chi connectivity index (χ1n) is 11.5. The molecule has 1 rings (SSSR count). The lowest BCUT2D eigenvalue weighted by Crippen LogP contribution is -2.50. The van der Waals surface area contributed by atoms with Crippen LogP contribution >= 0.6 is 0 Å². The largest absolute Gasteiger partial charge is 0.461 e. The number of aliphatic hydroxyl groups is 2. The molecule has 2 N–H and O–H groups in total. The molecule has 0 unspecified atom stereocenters. The molecule has 0 spiro atoms. The smallest absolute Gasteiger partial charge is 0.311 e. The van der Waals surface area contributed by atoms with Crippen molar-refractivity contribution >= 4 is 14.3 Å². The van der Waals surface area contributed by atoms with E-state index in [0.717, 1.165) is 5.56 Å². The van der Waals surface area contributed by atoms with E-state index in [4.69, 9.17) is 13.9 Å². The molecule has 0 saturated heterocycles. The molecule has 0 heterocycles. The predicted molar refractivity (Wildman–Crippen MR) is 130 cm³/mol. The Bertz CT molecular complexity index is 687. The number of methoxy groups -OCH3 is 1. The van der Waals surface area contributed by atoms with Crippen molar-refractivity contribution in [1.82, 2.24) is 0 Å². The van der Waals surface area contributed by atoms with Crippen LogP contribution in [0.5, 0.6) is 0 Å². The molecule has 32 heavy (non-hydrogen) atoms. The van der Waals surface area contributed by atoms with Crippen molar-refractivity contribution in [3.05, 3.63) is 35.9 Å². The maximum atomic E-state index is 12.9. The van der Waals surface area contributed by atoms with Crippen LogP contribution in [0.15, 0.2) is 30.3 Å². The van der Waals surface area contributed by atoms with Gasteiger partial charge in [0.1, 0.15) is 6.61 Å². The molecule has 184 valence electrons. The topological polar surface area (TPSA) is 85.2 Å². The number of benzene rings is 1. The van der Waals surface area contributed by atoms with E-state index in [9.17, 15) is 15.0 Å². The molecule has 0 amide bonds. The highest BCUT2D eigenvalue weighted by molar-refractivity contribution is 6.74. The van der Waals surface area contributed by atoms with Crippen LogP contribution < -0.4 is 0 Å². The maximum absolute atomic E-state index is 12.9. The fourth-order valence-corrected chi connectivity index (χ4v) is 4.64. The van der Waals surface area contributed by atoms with Crippen molar-refractivity contribution in [2.24, 2.45) is 5.92 Å². The summed E-state index contributed by atoms with van der Waals surface area (Å²) in [5, 5.41) is 20.3. The summed E-state index contributed by atoms with van der Waals surface area (Å²) in [4.78, 5) is 12.9. The molecule has 6 nitrogen and oxygen atoms in total. The zero-order chi connectivity index (χ0) is 24.6. The Morgan fingerprint density at radius 1 is 1.12 bits per heavy atom. The summed E-state index contributed by atoms with van der Waals surface area (Å²) in [7, 11) is -0.667. The van der Waals surface area contributed by atoms with Crippen LogP contribution in [0.25, 0.3) is 0 Å². The van der Waals surface area contributed by atoms with Crippen LogP contribution in [-0.2, 0) is 25.3 Å². The first-order valence-corrected chi connectivity index (χ1v) is 14.4. The van der Waals surface area contributed by atoms with Gasteiger partial charge >= 0.3 is 5.97 Å². The molecule has 0 aliphatic carbocycles. The SMILES string of the molecule is CO[C@](C)(CCCO)[C@H](O)C[C@H](O[Si](C)(C)C(C)(C)C)[C@@H](C)C(=O)OCc1ccccc1. The van der Waals surface area contributed by atoms with Gasteiger partial charge in [0.05, 0.1) is 23.7 Å². The third-order valence-electron chi connectivity index (χ3n) is 6.86. The van der Waals surface area contributed by atoms with Crippen LogP contribution in [0.2, 0.25) is 18.1 Å². The average Bonchev–Trinajstić information content (AvgIpc) is 2.74. The molecule has 0 aliphatic rings. The van der Waals surface area contributed by atoms with Gasteiger partial charge in [0.25, 0.3) is 0 Å². The molecule has 0 saturated carbocycles. The van der Waals surface area contributed by atoms with Crippen LogP contribution in [0.4, 0.5) is 0 Å². The number of rotatable bonds is 13. The van der Waals surface area contributed by atoms with Gasteiger partial charge in [0.2, 0.25) is 0 Å². The minimum absolute atomic E-state index is 0.0256. The summed E-state index contributed by atoms with van der Waals surface area (Å²) in [6.07, 6.45) is -0.120. The Morgan fingerprint density at radius 3 is 2.22 bits per heavy atom. The molecule has 0 aliphatic heterocycles. The van der Waals surface area contributed by atoms with Gasteiger partial charge in [0.15, 0.2) is 8.32 Å². The van der Waals surface area contributed by atoms with E-state index in [1.807, 2.05) is 37.3 Å². The van der Waals surface area contributed by atoms with Crippen molar-refractivity contribution < 1.29 is 28.9 Å². The van der Waals surface area contributed by atoms with Gasteiger partial charge in [-0.05, 0) is 50.4 Å². The molecule has 0 radical (unpaired) electrons. The van der Waals surface area contributed by atoms with Crippen LogP contribution in [0.3, 0.4) is 0 Å². The van der Waals surface area contributed by atoms with E-state index in [1.165, 1.54) is 0 Å². The van der Waals surface area contributed by atoms with Crippen molar-refractivity contribution in [3.8, 4) is 0 Å². The Hall–Kier alpha value is -1.25. The first kappa shape index (κ1) is 28.8. The van der Waals surface area contributed by atoms with E-state index >= 15 is 0 Å². The molecule has 0 fully saturated rings. The van der Waals surface area contributed by atoms with Crippen molar-refractivity contribution in [3.63, 3.8) is 0 Å². The summed E-state index contributed by atoms with van der Waals surface area (Å²) in [5.74, 6) is -0.902. The fraction of sp³-hybridized carbons (Fsp3) is 0.720. The van der Waals surface area contributed by atoms with Crippen molar-refractivity contribution in [2.75, 3.05) is 13.7 Å². The van der Waals surface area contributed by atoms with Gasteiger partial charge in [0, 0.05) is 20.1 Å². The molecule has 4 atom stereocenters. The highest BCUT2D eigenvalue weighted by atomic mass is 28.4. The maximum Gasteiger partial charge on any atom is 0.311 e. The zero-order valence-corrected chi connectivity index (χ0v) is 22.2. The molecule has 7 heteroatoms. The number of carbonyl (C=O) groups excluding carboxylic acids is 1. The van der Waals surface area contributed by atoms with Gasteiger partial charge < -0.3 is 24.1 Å². The van der Waals surface area contributed by atoms with E-state index in [-0.39, 0.29) is 30.6 Å². The number of hydrogen-bond donors (Lipinski definition) is 2. The minimum atomic E-state index is -2.22. The molecule has 0 bridgehead atoms. The van der Waals surface area contributed by atoms with E-state index in [0.29, 0.717) is 12.8 Å². The summed E-state index contributed by atoms with van der Waals surface area (Å²) < 4.78 is 17.8. The monoisotopic (exact) mass is 468 g/mol. The summed E-state index contributed by atoms with van der Waals surface area (Å²) in [5.41, 5.74) is 0.0803. The quantitative estimate of drug-likeness (QED) is 0.323. The van der Waals surface area contributed by atoms with Gasteiger partial charge in [-0.2, -0.15) is 0 Å². The molecule has 1 aromatic rings. The Balaban J connectivity index is 3.03. The number of ether oxygens (including phenoxy) is 2. The minimum Gasteiger partial charge on any atom is -0.461 e. The molecule has 1 aromatic carbocycles. The molecular weight excluding hydrogens is 424 g/mol. The fourth-order valence-electron chi connectivity index (χ4n) is 3.23. The number of hydrogen-bond acceptors (Lipinski definition) is 6. The second kappa shape index (κ2) is 12.3. The lowest BCUT2D eigenvalue weighted by Gasteiger charge is -2.42. The third-order valence-corrected chi connectivity index (χ3v) is 11.4. The van der Waals surface area contributed by atoms with Gasteiger partial charge in [-0.25, -0.2) is 0 Å². The molecule has 0 aromatic heterocycles. The number of esters is 1. The number of carbonyl (C=O) groups is 1. The Labute approximate surface area is 195 Å². The van der Waals surface area contributed by atoms with Crippen molar-refractivity contribution in [2.45, 2.75) is 96.4 Å². The Kier molecular flexibility index (Phi) is 11.0. The van der Waals surface area contributed by atoms with Gasteiger partial charge in [-0.3, -0.25) is 4.79 Å². The summed E-state index contributed by atoms with van der Waals surface area (Å²) in [6.45, 7) is 14.6. The summed E-state index contributed by atoms with van der Waals surface area (Å²) >= 11 is 0. The second-order valence-corrected chi connectivity index (χ2v) is 15.2. The third kappa shape index (κ3) is 8.27. The molecular formula is C25H44O6Si. The highest BCUT2D eigenvalue weighted by Gasteiger charge is 2.44. The highest BCUT2D eigenvalue weighted by Crippen LogP contribution is 2.39. The summed E-state index contributed by atoms with van der Waals surface area (Å²) in [6, 6.07) is 9.56. The second-order valence-electron chi connectivity index (χ2n) is 10.4. The first-order chi connectivity index (χ1) is 14.8. The van der Waals surface area contributed by atoms with Crippen LogP contribution in [-0.4, -0.2) is 56.0 Å². The van der Waals surface area contributed by atoms with Crippen LogP contribution in [0, 0.1) is 5.92 Å². The zero-order valence-electron chi connectivity index (χ0n) is 21.2. The predicted octanol–water partition coefficient (Wildman–Crippen LogP) is 4.68. The van der Waals surface area contributed by atoms with Gasteiger partial charge in [-0.1, -0.05) is 51.1 Å². The Morgan fingerprint density at radius 2 is 1.72 bits per heavy atom. The standard InChI is InChI=1S/C25H44O6Si/c1-19(23(28)30-18-20-13-10-9-11-14-20)21(31-32(7,8)24(2,3)4)17-22(27)25(5,29-6)15-12-16-26/h9-11,13-14,19,21-22,26-27H,12,15-18H2,1-8H3/t19-,21+,22-,25-/m1/s1. The van der Waals surface area contributed by atoms with Crippen LogP contribution in [0.1, 0.15) is 59.4 Å². The van der Waals surface area contributed by atoms with E-state index in [1.54, 1.807) is 14.0 Å². The number of aliphatic hydroxyl groups excluding tert-OH is 2. The lowest BCUT2D eigenvalue weighted by molar-refractivity contribution is -0.155. The van der Waals surface area contributed by atoms with E-state index < -0.39 is 32.0 Å². The average molecular weight is 469 g/mol. The lowest BCUT2D eigenvalue weighted by atomic mass is 9.87. The van der Waals surface area contributed by atoms with Crippen molar-refractivity contribution in [1.29, 1.82) is 0 Å². The van der Waals surface area contributed by atoms with E-state index in [2.05, 4.69) is 33.9 Å².